The number of nitrogens with zero attached hydrogens (tertiary/aromatic N) is 4. The molecular weight excluding hydrogens is 364 g/mol. The zero-order chi connectivity index (χ0) is 18.5. The van der Waals surface area contributed by atoms with Gasteiger partial charge < -0.3 is 14.4 Å². The van der Waals surface area contributed by atoms with E-state index in [9.17, 15) is 4.79 Å². The van der Waals surface area contributed by atoms with Gasteiger partial charge in [-0.3, -0.25) is 4.79 Å². The van der Waals surface area contributed by atoms with Gasteiger partial charge in [0.2, 0.25) is 5.91 Å². The molecule has 2 aromatic heterocycles. The standard InChI is InChI=1S/C19H20N4O3S/c24-19(9-15-5-8-27-12-15)22-6-7-25-18(10-22)11-26-17-3-1-16(2-4-17)23-14-20-13-21-23/h1-5,8,12-14,18H,6-7,9-11H2. The largest absolute Gasteiger partial charge is 0.491 e. The molecule has 27 heavy (non-hydrogen) atoms. The van der Waals surface area contributed by atoms with Crippen LogP contribution in [-0.2, 0) is 16.0 Å². The maximum absolute atomic E-state index is 12.5. The van der Waals surface area contributed by atoms with Gasteiger partial charge in [-0.15, -0.1) is 0 Å². The van der Waals surface area contributed by atoms with E-state index < -0.39 is 0 Å². The van der Waals surface area contributed by atoms with Crippen molar-refractivity contribution in [2.75, 3.05) is 26.3 Å². The van der Waals surface area contributed by atoms with Gasteiger partial charge >= 0.3 is 0 Å². The summed E-state index contributed by atoms with van der Waals surface area (Å²) in [6.07, 6.45) is 3.46. The molecule has 1 amide bonds. The first-order valence-corrected chi connectivity index (χ1v) is 9.70. The lowest BCUT2D eigenvalue weighted by atomic mass is 10.2. The number of morpholine rings is 1. The summed E-state index contributed by atoms with van der Waals surface area (Å²) in [5.74, 6) is 0.892. The van der Waals surface area contributed by atoms with Gasteiger partial charge in [0.05, 0.1) is 25.3 Å². The Morgan fingerprint density at radius 3 is 2.93 bits per heavy atom. The van der Waals surface area contributed by atoms with Crippen LogP contribution >= 0.6 is 11.3 Å². The van der Waals surface area contributed by atoms with Crippen molar-refractivity contribution in [2.45, 2.75) is 12.5 Å². The minimum Gasteiger partial charge on any atom is -0.491 e. The molecule has 0 bridgehead atoms. The third kappa shape index (κ3) is 4.53. The van der Waals surface area contributed by atoms with Crippen LogP contribution < -0.4 is 4.74 Å². The zero-order valence-corrected chi connectivity index (χ0v) is 15.5. The van der Waals surface area contributed by atoms with Crippen LogP contribution in [0.2, 0.25) is 0 Å². The zero-order valence-electron chi connectivity index (χ0n) is 14.7. The molecule has 3 aromatic rings. The van der Waals surface area contributed by atoms with Crippen LogP contribution in [0.3, 0.4) is 0 Å². The molecule has 8 heteroatoms. The van der Waals surface area contributed by atoms with Crippen molar-refractivity contribution < 1.29 is 14.3 Å². The number of ether oxygens (including phenoxy) is 2. The lowest BCUT2D eigenvalue weighted by Crippen LogP contribution is -2.48. The minimum atomic E-state index is -0.125. The second kappa shape index (κ2) is 8.32. The molecule has 3 heterocycles. The number of rotatable bonds is 6. The first kappa shape index (κ1) is 17.7. The van der Waals surface area contributed by atoms with Gasteiger partial charge in [-0.25, -0.2) is 9.67 Å². The van der Waals surface area contributed by atoms with Gasteiger partial charge in [-0.05, 0) is 46.7 Å². The molecule has 1 aromatic carbocycles. The summed E-state index contributed by atoms with van der Waals surface area (Å²) in [4.78, 5) is 18.3. The first-order valence-electron chi connectivity index (χ1n) is 8.76. The summed E-state index contributed by atoms with van der Waals surface area (Å²) in [6, 6.07) is 9.61. The van der Waals surface area contributed by atoms with E-state index in [0.717, 1.165) is 17.0 Å². The highest BCUT2D eigenvalue weighted by Gasteiger charge is 2.24. The van der Waals surface area contributed by atoms with Crippen LogP contribution in [0.5, 0.6) is 5.75 Å². The Balaban J connectivity index is 1.28. The summed E-state index contributed by atoms with van der Waals surface area (Å²) in [5, 5.41) is 8.10. The van der Waals surface area contributed by atoms with E-state index in [0.29, 0.717) is 32.7 Å². The Bertz CT molecular complexity index is 850. The molecule has 4 rings (SSSR count). The minimum absolute atomic E-state index is 0.125. The van der Waals surface area contributed by atoms with E-state index >= 15 is 0 Å². The molecule has 1 atom stereocenters. The van der Waals surface area contributed by atoms with Crippen LogP contribution in [0.15, 0.2) is 53.7 Å². The van der Waals surface area contributed by atoms with Gasteiger partial charge in [-0.2, -0.15) is 16.4 Å². The van der Waals surface area contributed by atoms with Crippen molar-refractivity contribution in [3.63, 3.8) is 0 Å². The smallest absolute Gasteiger partial charge is 0.227 e. The molecule has 1 aliphatic heterocycles. The van der Waals surface area contributed by atoms with Gasteiger partial charge in [-0.1, -0.05) is 0 Å². The van der Waals surface area contributed by atoms with E-state index in [4.69, 9.17) is 9.47 Å². The topological polar surface area (TPSA) is 69.5 Å². The Morgan fingerprint density at radius 2 is 2.19 bits per heavy atom. The fraction of sp³-hybridized carbons (Fsp3) is 0.316. The second-order valence-corrected chi connectivity index (χ2v) is 7.07. The summed E-state index contributed by atoms with van der Waals surface area (Å²) in [7, 11) is 0. The molecule has 0 saturated carbocycles. The number of aromatic nitrogens is 3. The average Bonchev–Trinajstić information content (AvgIpc) is 3.41. The number of carbonyl (C=O) groups excluding carboxylic acids is 1. The Morgan fingerprint density at radius 1 is 1.30 bits per heavy atom. The third-order valence-electron chi connectivity index (χ3n) is 4.38. The van der Waals surface area contributed by atoms with E-state index in [1.807, 2.05) is 46.0 Å². The van der Waals surface area contributed by atoms with Crippen LogP contribution in [0.25, 0.3) is 5.69 Å². The maximum atomic E-state index is 12.5. The third-order valence-corrected chi connectivity index (χ3v) is 5.11. The molecule has 140 valence electrons. The number of amides is 1. The van der Waals surface area contributed by atoms with E-state index in [1.165, 1.54) is 6.33 Å². The Kier molecular flexibility index (Phi) is 5.45. The van der Waals surface area contributed by atoms with E-state index in [-0.39, 0.29) is 12.0 Å². The van der Waals surface area contributed by atoms with Crippen LogP contribution in [-0.4, -0.2) is 58.0 Å². The quantitative estimate of drug-likeness (QED) is 0.652. The molecule has 7 nitrogen and oxygen atoms in total. The fourth-order valence-corrected chi connectivity index (χ4v) is 3.62. The molecular formula is C19H20N4O3S. The van der Waals surface area contributed by atoms with Gasteiger partial charge in [0.15, 0.2) is 0 Å². The van der Waals surface area contributed by atoms with Crippen LogP contribution in [0.4, 0.5) is 0 Å². The molecule has 0 N–H and O–H groups in total. The van der Waals surface area contributed by atoms with Crippen molar-refractivity contribution in [1.82, 2.24) is 19.7 Å². The number of hydrogen-bond acceptors (Lipinski definition) is 6. The lowest BCUT2D eigenvalue weighted by molar-refractivity contribution is -0.139. The SMILES string of the molecule is O=C(Cc1ccsc1)N1CCOC(COc2ccc(-n3cncn3)cc2)C1. The van der Waals surface area contributed by atoms with Crippen molar-refractivity contribution in [1.29, 1.82) is 0 Å². The molecule has 0 spiro atoms. The summed E-state index contributed by atoms with van der Waals surface area (Å²) >= 11 is 1.61. The highest BCUT2D eigenvalue weighted by Crippen LogP contribution is 2.16. The maximum Gasteiger partial charge on any atom is 0.227 e. The van der Waals surface area contributed by atoms with Crippen LogP contribution in [0, 0.1) is 0 Å². The number of hydrogen-bond donors (Lipinski definition) is 0. The second-order valence-electron chi connectivity index (χ2n) is 6.29. The van der Waals surface area contributed by atoms with Gasteiger partial charge in [0.1, 0.15) is 31.1 Å². The highest BCUT2D eigenvalue weighted by atomic mass is 32.1. The highest BCUT2D eigenvalue weighted by molar-refractivity contribution is 7.08. The molecule has 1 unspecified atom stereocenters. The monoisotopic (exact) mass is 384 g/mol. The summed E-state index contributed by atoms with van der Waals surface area (Å²) in [6.45, 7) is 2.13. The van der Waals surface area contributed by atoms with Crippen molar-refractivity contribution in [3.8, 4) is 11.4 Å². The Labute approximate surface area is 161 Å². The fourth-order valence-electron chi connectivity index (χ4n) is 2.95. The molecule has 1 fully saturated rings. The van der Waals surface area contributed by atoms with Crippen molar-refractivity contribution >= 4 is 17.2 Å². The number of thiophene rings is 1. The number of benzene rings is 1. The Hall–Kier alpha value is -2.71. The van der Waals surface area contributed by atoms with Gasteiger partial charge in [0.25, 0.3) is 0 Å². The van der Waals surface area contributed by atoms with Crippen molar-refractivity contribution in [2.24, 2.45) is 0 Å². The summed E-state index contributed by atoms with van der Waals surface area (Å²) in [5.41, 5.74) is 1.98. The predicted octanol–water partition coefficient (Wildman–Crippen LogP) is 2.18. The number of carbonyl (C=O) groups is 1. The lowest BCUT2D eigenvalue weighted by Gasteiger charge is -2.32. The van der Waals surface area contributed by atoms with Crippen molar-refractivity contribution in [3.05, 3.63) is 59.3 Å². The average molecular weight is 384 g/mol. The first-order chi connectivity index (χ1) is 13.3. The molecule has 1 aliphatic rings. The predicted molar refractivity (Wildman–Crippen MR) is 101 cm³/mol. The van der Waals surface area contributed by atoms with Gasteiger partial charge in [0, 0.05) is 6.54 Å². The molecule has 1 saturated heterocycles. The van der Waals surface area contributed by atoms with E-state index in [1.54, 1.807) is 22.3 Å². The normalized spacial score (nSPS) is 17.0. The van der Waals surface area contributed by atoms with Crippen LogP contribution in [0.1, 0.15) is 5.56 Å². The van der Waals surface area contributed by atoms with E-state index in [2.05, 4.69) is 10.1 Å². The molecule has 0 aliphatic carbocycles. The summed E-state index contributed by atoms with van der Waals surface area (Å²) < 4.78 is 13.3. The molecule has 0 radical (unpaired) electrons.